The number of carbonyl (C=O) groups is 2. The van der Waals surface area contributed by atoms with Gasteiger partial charge in [0.1, 0.15) is 6.29 Å². The van der Waals surface area contributed by atoms with Gasteiger partial charge in [0.15, 0.2) is 11.5 Å². The van der Waals surface area contributed by atoms with Gasteiger partial charge in [-0.1, -0.05) is 18.2 Å². The van der Waals surface area contributed by atoms with E-state index in [9.17, 15) is 9.59 Å². The molecule has 23 heavy (non-hydrogen) atoms. The molecule has 0 aromatic heterocycles. The van der Waals surface area contributed by atoms with E-state index in [1.165, 1.54) is 7.11 Å². The second-order valence-corrected chi connectivity index (χ2v) is 4.90. The van der Waals surface area contributed by atoms with Gasteiger partial charge in [-0.25, -0.2) is 0 Å². The molecule has 0 fully saturated rings. The Bertz CT molecular complexity index is 683. The van der Waals surface area contributed by atoms with Crippen LogP contribution in [0.15, 0.2) is 42.5 Å². The zero-order valence-corrected chi connectivity index (χ0v) is 13.2. The zero-order chi connectivity index (χ0) is 16.7. The van der Waals surface area contributed by atoms with Crippen molar-refractivity contribution in [3.8, 4) is 11.5 Å². The maximum Gasteiger partial charge on any atom is 0.251 e. The third kappa shape index (κ3) is 4.10. The smallest absolute Gasteiger partial charge is 0.251 e. The average Bonchev–Trinajstić information content (AvgIpc) is 2.61. The van der Waals surface area contributed by atoms with Crippen LogP contribution in [-0.2, 0) is 6.42 Å². The summed E-state index contributed by atoms with van der Waals surface area (Å²) in [4.78, 5) is 23.2. The quantitative estimate of drug-likeness (QED) is 0.798. The van der Waals surface area contributed by atoms with E-state index in [-0.39, 0.29) is 5.91 Å². The molecule has 0 aliphatic heterocycles. The van der Waals surface area contributed by atoms with Crippen LogP contribution in [0.1, 0.15) is 26.3 Å². The van der Waals surface area contributed by atoms with E-state index in [0.717, 1.165) is 11.8 Å². The second kappa shape index (κ2) is 7.98. The lowest BCUT2D eigenvalue weighted by atomic mass is 10.0. The summed E-state index contributed by atoms with van der Waals surface area (Å²) in [5.74, 6) is 0.924. The molecule has 0 heterocycles. The molecule has 1 amide bonds. The highest BCUT2D eigenvalue weighted by atomic mass is 16.5. The van der Waals surface area contributed by atoms with Crippen molar-refractivity contribution in [1.82, 2.24) is 5.32 Å². The fraction of sp³-hybridized carbons (Fsp3) is 0.222. The number of hydrogen-bond acceptors (Lipinski definition) is 4. The van der Waals surface area contributed by atoms with Gasteiger partial charge >= 0.3 is 0 Å². The number of rotatable bonds is 7. The standard InChI is InChI=1S/C18H19NO4/c1-22-16-10-14(15(12-20)11-17(16)23-2)8-9-19-18(21)13-6-4-3-5-7-13/h3-7,10-12H,8-9H2,1-2H3,(H,19,21). The first kappa shape index (κ1) is 16.5. The van der Waals surface area contributed by atoms with Crippen molar-refractivity contribution in [2.75, 3.05) is 20.8 Å². The Morgan fingerprint density at radius 2 is 1.74 bits per heavy atom. The maximum atomic E-state index is 12.0. The topological polar surface area (TPSA) is 64.6 Å². The summed E-state index contributed by atoms with van der Waals surface area (Å²) in [6.45, 7) is 0.421. The SMILES string of the molecule is COc1cc(C=O)c(CCNC(=O)c2ccccc2)cc1OC. The number of methoxy groups -OCH3 is 2. The molecule has 2 aromatic carbocycles. The lowest BCUT2D eigenvalue weighted by molar-refractivity contribution is 0.0954. The molecular formula is C18H19NO4. The number of hydrogen-bond donors (Lipinski definition) is 1. The Hall–Kier alpha value is -2.82. The number of nitrogens with one attached hydrogen (secondary N) is 1. The van der Waals surface area contributed by atoms with E-state index in [0.29, 0.717) is 35.6 Å². The molecule has 0 atom stereocenters. The Morgan fingerprint density at radius 3 is 2.35 bits per heavy atom. The van der Waals surface area contributed by atoms with Crippen molar-refractivity contribution in [2.24, 2.45) is 0 Å². The number of amides is 1. The summed E-state index contributed by atoms with van der Waals surface area (Å²) in [7, 11) is 3.06. The highest BCUT2D eigenvalue weighted by Gasteiger charge is 2.11. The summed E-state index contributed by atoms with van der Waals surface area (Å²) in [6.07, 6.45) is 1.29. The fourth-order valence-corrected chi connectivity index (χ4v) is 2.27. The Labute approximate surface area is 135 Å². The number of benzene rings is 2. The van der Waals surface area contributed by atoms with Crippen LogP contribution in [-0.4, -0.2) is 33.0 Å². The van der Waals surface area contributed by atoms with Crippen LogP contribution >= 0.6 is 0 Å². The van der Waals surface area contributed by atoms with Crippen molar-refractivity contribution < 1.29 is 19.1 Å². The molecule has 0 spiro atoms. The van der Waals surface area contributed by atoms with Crippen molar-refractivity contribution in [3.63, 3.8) is 0 Å². The first-order valence-electron chi connectivity index (χ1n) is 7.23. The molecule has 0 saturated heterocycles. The largest absolute Gasteiger partial charge is 0.493 e. The third-order valence-electron chi connectivity index (χ3n) is 3.49. The molecule has 0 unspecified atom stereocenters. The molecule has 0 radical (unpaired) electrons. The summed E-state index contributed by atoms with van der Waals surface area (Å²) in [5, 5.41) is 2.84. The molecule has 1 N–H and O–H groups in total. The van der Waals surface area contributed by atoms with Crippen molar-refractivity contribution in [2.45, 2.75) is 6.42 Å². The molecule has 0 bridgehead atoms. The molecule has 0 saturated carbocycles. The third-order valence-corrected chi connectivity index (χ3v) is 3.49. The molecular weight excluding hydrogens is 294 g/mol. The van der Waals surface area contributed by atoms with E-state index < -0.39 is 0 Å². The predicted octanol–water partition coefficient (Wildman–Crippen LogP) is 2.49. The van der Waals surface area contributed by atoms with Crippen LogP contribution in [0.3, 0.4) is 0 Å². The minimum Gasteiger partial charge on any atom is -0.493 e. The van der Waals surface area contributed by atoms with Crippen molar-refractivity contribution in [1.29, 1.82) is 0 Å². The van der Waals surface area contributed by atoms with Crippen molar-refractivity contribution >= 4 is 12.2 Å². The van der Waals surface area contributed by atoms with E-state index in [4.69, 9.17) is 9.47 Å². The van der Waals surface area contributed by atoms with Crippen LogP contribution < -0.4 is 14.8 Å². The van der Waals surface area contributed by atoms with Gasteiger partial charge < -0.3 is 14.8 Å². The van der Waals surface area contributed by atoms with E-state index in [2.05, 4.69) is 5.32 Å². The molecule has 5 heteroatoms. The van der Waals surface area contributed by atoms with Gasteiger partial charge in [-0.2, -0.15) is 0 Å². The normalized spacial score (nSPS) is 10.0. The Balaban J connectivity index is 2.05. The Kier molecular flexibility index (Phi) is 5.74. The highest BCUT2D eigenvalue weighted by Crippen LogP contribution is 2.30. The minimum absolute atomic E-state index is 0.140. The van der Waals surface area contributed by atoms with E-state index in [1.807, 2.05) is 18.2 Å². The summed E-state index contributed by atoms with van der Waals surface area (Å²) in [5.41, 5.74) is 1.93. The lowest BCUT2D eigenvalue weighted by Crippen LogP contribution is -2.25. The first-order valence-corrected chi connectivity index (χ1v) is 7.23. The number of carbonyl (C=O) groups excluding carboxylic acids is 2. The van der Waals surface area contributed by atoms with Crippen LogP contribution in [0, 0.1) is 0 Å². The summed E-state index contributed by atoms with van der Waals surface area (Å²) >= 11 is 0. The number of ether oxygens (including phenoxy) is 2. The summed E-state index contributed by atoms with van der Waals surface area (Å²) in [6, 6.07) is 12.4. The van der Waals surface area contributed by atoms with Crippen molar-refractivity contribution in [3.05, 3.63) is 59.2 Å². The zero-order valence-electron chi connectivity index (χ0n) is 13.2. The fourth-order valence-electron chi connectivity index (χ4n) is 2.27. The second-order valence-electron chi connectivity index (χ2n) is 4.90. The van der Waals surface area contributed by atoms with Crippen LogP contribution in [0.5, 0.6) is 11.5 Å². The van der Waals surface area contributed by atoms with Gasteiger partial charge in [0.2, 0.25) is 0 Å². The first-order chi connectivity index (χ1) is 11.2. The van der Waals surface area contributed by atoms with Gasteiger partial charge in [-0.15, -0.1) is 0 Å². The highest BCUT2D eigenvalue weighted by molar-refractivity contribution is 5.94. The molecule has 5 nitrogen and oxygen atoms in total. The monoisotopic (exact) mass is 313 g/mol. The molecule has 2 aromatic rings. The lowest BCUT2D eigenvalue weighted by Gasteiger charge is -2.12. The van der Waals surface area contributed by atoms with Crippen LogP contribution in [0.2, 0.25) is 0 Å². The molecule has 0 aliphatic rings. The molecule has 2 rings (SSSR count). The van der Waals surface area contributed by atoms with Crippen LogP contribution in [0.4, 0.5) is 0 Å². The minimum atomic E-state index is -0.140. The van der Waals surface area contributed by atoms with Crippen LogP contribution in [0.25, 0.3) is 0 Å². The van der Waals surface area contributed by atoms with Gasteiger partial charge in [-0.05, 0) is 36.2 Å². The van der Waals surface area contributed by atoms with Gasteiger partial charge in [0, 0.05) is 17.7 Å². The molecule has 120 valence electrons. The van der Waals surface area contributed by atoms with Gasteiger partial charge in [-0.3, -0.25) is 9.59 Å². The average molecular weight is 313 g/mol. The van der Waals surface area contributed by atoms with Gasteiger partial charge in [0.25, 0.3) is 5.91 Å². The van der Waals surface area contributed by atoms with E-state index >= 15 is 0 Å². The Morgan fingerprint density at radius 1 is 1.09 bits per heavy atom. The van der Waals surface area contributed by atoms with Gasteiger partial charge in [0.05, 0.1) is 14.2 Å². The maximum absolute atomic E-state index is 12.0. The summed E-state index contributed by atoms with van der Waals surface area (Å²) < 4.78 is 10.4. The molecule has 0 aliphatic carbocycles. The predicted molar refractivity (Wildman–Crippen MR) is 87.4 cm³/mol. The number of aldehydes is 1. The van der Waals surface area contributed by atoms with E-state index in [1.54, 1.807) is 31.4 Å².